The van der Waals surface area contributed by atoms with Gasteiger partial charge in [-0.3, -0.25) is 4.68 Å². The normalized spacial score (nSPS) is 10.9. The van der Waals surface area contributed by atoms with Crippen LogP contribution < -0.4 is 10.4 Å². The molecule has 3 aromatic rings. The lowest BCUT2D eigenvalue weighted by Gasteiger charge is -2.28. The van der Waals surface area contributed by atoms with Crippen LogP contribution in [-0.2, 0) is 6.17 Å². The minimum absolute atomic E-state index is 0.264. The third-order valence-corrected chi connectivity index (χ3v) is 8.08. The predicted octanol–water partition coefficient (Wildman–Crippen LogP) is 1.60. The Hall–Kier alpha value is -2.38. The molecular formula is C17H19F2N3OSi. The standard InChI is InChI=1S/C16H15F2N3Si.CH4O/c1-22(12-21-11-19-10-20-21,15-6-2-13(17)3-7-15)16-8-4-14(18)5-9-16;1-2/h2-11H,12H2,1H3;2H,1H3. The van der Waals surface area contributed by atoms with E-state index in [2.05, 4.69) is 16.6 Å². The lowest BCUT2D eigenvalue weighted by Crippen LogP contribution is -2.59. The molecule has 0 saturated heterocycles. The molecule has 0 amide bonds. The Kier molecular flexibility index (Phi) is 5.94. The average Bonchev–Trinajstić information content (AvgIpc) is 3.10. The lowest BCUT2D eigenvalue weighted by atomic mass is 10.3. The van der Waals surface area contributed by atoms with Crippen LogP contribution in [0.3, 0.4) is 0 Å². The topological polar surface area (TPSA) is 50.9 Å². The first-order valence-corrected chi connectivity index (χ1v) is 10.1. The second kappa shape index (κ2) is 7.94. The monoisotopic (exact) mass is 347 g/mol. The van der Waals surface area contributed by atoms with E-state index in [-0.39, 0.29) is 11.6 Å². The first kappa shape index (κ1) is 18.0. The van der Waals surface area contributed by atoms with Gasteiger partial charge in [-0.1, -0.05) is 41.2 Å². The summed E-state index contributed by atoms with van der Waals surface area (Å²) in [4.78, 5) is 3.98. The molecule has 0 aliphatic rings. The molecule has 126 valence electrons. The van der Waals surface area contributed by atoms with E-state index in [0.717, 1.165) is 17.5 Å². The van der Waals surface area contributed by atoms with Crippen LogP contribution in [0.25, 0.3) is 0 Å². The molecule has 0 aliphatic heterocycles. The van der Waals surface area contributed by atoms with E-state index in [1.807, 2.05) is 24.3 Å². The fraction of sp³-hybridized carbons (Fsp3) is 0.176. The molecule has 2 aromatic carbocycles. The van der Waals surface area contributed by atoms with E-state index in [4.69, 9.17) is 5.11 Å². The van der Waals surface area contributed by atoms with Crippen LogP contribution in [0.15, 0.2) is 61.2 Å². The number of nitrogens with zero attached hydrogens (tertiary/aromatic N) is 3. The summed E-state index contributed by atoms with van der Waals surface area (Å²) in [6.45, 7) is 2.16. The second-order valence-electron chi connectivity index (χ2n) is 5.44. The van der Waals surface area contributed by atoms with Gasteiger partial charge in [0.2, 0.25) is 0 Å². The summed E-state index contributed by atoms with van der Waals surface area (Å²) >= 11 is 0. The Balaban J connectivity index is 0.00000100. The molecule has 1 aromatic heterocycles. The minimum Gasteiger partial charge on any atom is -0.400 e. The zero-order chi connectivity index (χ0) is 17.6. The van der Waals surface area contributed by atoms with Crippen LogP contribution in [0.2, 0.25) is 6.55 Å². The number of rotatable bonds is 4. The van der Waals surface area contributed by atoms with Crippen molar-refractivity contribution in [2.45, 2.75) is 12.7 Å². The first-order chi connectivity index (χ1) is 11.6. The molecule has 24 heavy (non-hydrogen) atoms. The fourth-order valence-electron chi connectivity index (χ4n) is 2.62. The quantitative estimate of drug-likeness (QED) is 0.730. The van der Waals surface area contributed by atoms with E-state index < -0.39 is 8.07 Å². The van der Waals surface area contributed by atoms with Gasteiger partial charge >= 0.3 is 0 Å². The summed E-state index contributed by atoms with van der Waals surface area (Å²) < 4.78 is 28.3. The molecular weight excluding hydrogens is 328 g/mol. The molecule has 0 bridgehead atoms. The van der Waals surface area contributed by atoms with E-state index in [1.54, 1.807) is 11.0 Å². The minimum atomic E-state index is -2.22. The summed E-state index contributed by atoms with van der Waals surface area (Å²) in [7, 11) is -1.22. The van der Waals surface area contributed by atoms with Gasteiger partial charge in [-0.15, -0.1) is 0 Å². The van der Waals surface area contributed by atoms with Gasteiger partial charge in [0, 0.05) is 13.3 Å². The molecule has 0 fully saturated rings. The van der Waals surface area contributed by atoms with Crippen LogP contribution in [0.5, 0.6) is 0 Å². The molecule has 0 saturated carbocycles. The van der Waals surface area contributed by atoms with Gasteiger partial charge < -0.3 is 5.11 Å². The molecule has 1 heterocycles. The number of benzene rings is 2. The highest BCUT2D eigenvalue weighted by atomic mass is 28.3. The summed E-state index contributed by atoms with van der Waals surface area (Å²) in [6.07, 6.45) is 3.81. The molecule has 0 aliphatic carbocycles. The molecule has 7 heteroatoms. The zero-order valence-electron chi connectivity index (χ0n) is 13.5. The van der Waals surface area contributed by atoms with Gasteiger partial charge in [-0.25, -0.2) is 13.8 Å². The second-order valence-corrected chi connectivity index (χ2v) is 9.57. The first-order valence-electron chi connectivity index (χ1n) is 7.37. The fourth-order valence-corrected chi connectivity index (χ4v) is 5.94. The van der Waals surface area contributed by atoms with Crippen LogP contribution in [-0.4, -0.2) is 35.1 Å². The highest BCUT2D eigenvalue weighted by molar-refractivity contribution is 7.00. The van der Waals surface area contributed by atoms with Crippen LogP contribution >= 0.6 is 0 Å². The molecule has 0 unspecified atom stereocenters. The van der Waals surface area contributed by atoms with Crippen LogP contribution in [0.4, 0.5) is 8.78 Å². The molecule has 1 N–H and O–H groups in total. The van der Waals surface area contributed by atoms with E-state index >= 15 is 0 Å². The Labute approximate surface area is 140 Å². The van der Waals surface area contributed by atoms with Crippen molar-refractivity contribution >= 4 is 18.4 Å². The maximum atomic E-state index is 13.2. The number of aromatic nitrogens is 3. The number of halogens is 2. The number of hydrogen-bond acceptors (Lipinski definition) is 3. The highest BCUT2D eigenvalue weighted by Crippen LogP contribution is 2.10. The summed E-state index contributed by atoms with van der Waals surface area (Å²) in [6, 6.07) is 13.1. The summed E-state index contributed by atoms with van der Waals surface area (Å²) in [5, 5.41) is 13.3. The van der Waals surface area contributed by atoms with Crippen molar-refractivity contribution in [2.75, 3.05) is 7.11 Å². The summed E-state index contributed by atoms with van der Waals surface area (Å²) in [5.74, 6) is -0.528. The third-order valence-electron chi connectivity index (χ3n) is 3.91. The number of aliphatic hydroxyl groups excluding tert-OH is 1. The molecule has 4 nitrogen and oxygen atoms in total. The van der Waals surface area contributed by atoms with Crippen molar-refractivity contribution in [3.8, 4) is 0 Å². The molecule has 0 spiro atoms. The predicted molar refractivity (Wildman–Crippen MR) is 91.9 cm³/mol. The Morgan fingerprint density at radius 3 is 1.75 bits per heavy atom. The van der Waals surface area contributed by atoms with Crippen molar-refractivity contribution in [1.82, 2.24) is 14.8 Å². The molecule has 0 atom stereocenters. The molecule has 3 rings (SSSR count). The lowest BCUT2D eigenvalue weighted by molar-refractivity contribution is 0.399. The average molecular weight is 347 g/mol. The van der Waals surface area contributed by atoms with Gasteiger partial charge in [0.15, 0.2) is 0 Å². The van der Waals surface area contributed by atoms with Gasteiger partial charge in [-0.05, 0) is 24.3 Å². The van der Waals surface area contributed by atoms with Crippen molar-refractivity contribution in [1.29, 1.82) is 0 Å². The SMILES string of the molecule is CO.C[Si](Cn1cncn1)(c1ccc(F)cc1)c1ccc(F)cc1. The maximum absolute atomic E-state index is 13.2. The van der Waals surface area contributed by atoms with Crippen LogP contribution in [0, 0.1) is 11.6 Å². The van der Waals surface area contributed by atoms with E-state index in [9.17, 15) is 8.78 Å². The maximum Gasteiger partial charge on any atom is 0.137 e. The van der Waals surface area contributed by atoms with Crippen molar-refractivity contribution in [2.24, 2.45) is 0 Å². The third kappa shape index (κ3) is 3.93. The smallest absolute Gasteiger partial charge is 0.137 e. The Bertz CT molecular complexity index is 701. The zero-order valence-corrected chi connectivity index (χ0v) is 14.5. The Morgan fingerprint density at radius 2 is 1.38 bits per heavy atom. The van der Waals surface area contributed by atoms with Crippen molar-refractivity contribution in [3.05, 3.63) is 72.8 Å². The molecule has 0 radical (unpaired) electrons. The Morgan fingerprint density at radius 1 is 0.917 bits per heavy atom. The van der Waals surface area contributed by atoms with Gasteiger partial charge in [0.1, 0.15) is 32.4 Å². The largest absolute Gasteiger partial charge is 0.400 e. The van der Waals surface area contributed by atoms with Crippen molar-refractivity contribution < 1.29 is 13.9 Å². The van der Waals surface area contributed by atoms with Gasteiger partial charge in [0.25, 0.3) is 0 Å². The van der Waals surface area contributed by atoms with Crippen molar-refractivity contribution in [3.63, 3.8) is 0 Å². The van der Waals surface area contributed by atoms with Gasteiger partial charge in [0.05, 0.1) is 0 Å². The van der Waals surface area contributed by atoms with E-state index in [0.29, 0.717) is 6.17 Å². The highest BCUT2D eigenvalue weighted by Gasteiger charge is 2.33. The van der Waals surface area contributed by atoms with Gasteiger partial charge in [-0.2, -0.15) is 5.10 Å². The number of aliphatic hydroxyl groups is 1. The van der Waals surface area contributed by atoms with Crippen LogP contribution in [0.1, 0.15) is 0 Å². The van der Waals surface area contributed by atoms with E-state index in [1.165, 1.54) is 30.6 Å². The summed E-state index contributed by atoms with van der Waals surface area (Å²) in [5.41, 5.74) is 0. The number of hydrogen-bond donors (Lipinski definition) is 1.